The van der Waals surface area contributed by atoms with E-state index in [4.69, 9.17) is 5.11 Å². The lowest BCUT2D eigenvalue weighted by Gasteiger charge is -2.19. The van der Waals surface area contributed by atoms with Crippen molar-refractivity contribution in [2.24, 2.45) is 17.8 Å². The lowest BCUT2D eigenvalue weighted by Crippen LogP contribution is -2.22. The molecule has 0 aliphatic heterocycles. The minimum Gasteiger partial charge on any atom is -0.481 e. The van der Waals surface area contributed by atoms with Crippen molar-refractivity contribution in [3.63, 3.8) is 0 Å². The van der Waals surface area contributed by atoms with Gasteiger partial charge in [-0.25, -0.2) is 0 Å². The van der Waals surface area contributed by atoms with Crippen LogP contribution >= 0.6 is 0 Å². The number of hydrogen-bond acceptors (Lipinski definition) is 1. The Balaban J connectivity index is 2.28. The van der Waals surface area contributed by atoms with Crippen LogP contribution < -0.4 is 0 Å². The molecule has 0 aromatic rings. The first-order valence-corrected chi connectivity index (χ1v) is 4.12. The third-order valence-electron chi connectivity index (χ3n) is 3.12. The lowest BCUT2D eigenvalue weighted by molar-refractivity contribution is -0.141. The zero-order valence-corrected chi connectivity index (χ0v) is 6.58. The summed E-state index contributed by atoms with van der Waals surface area (Å²) in [6.07, 6.45) is 4.27. The topological polar surface area (TPSA) is 37.3 Å². The van der Waals surface area contributed by atoms with Gasteiger partial charge in [-0.1, -0.05) is 18.6 Å². The number of allylic oxidation sites excluding steroid dienone is 1. The molecule has 3 unspecified atom stereocenters. The fraction of sp³-hybridized carbons (Fsp3) is 0.667. The van der Waals surface area contributed by atoms with E-state index in [1.807, 2.05) is 0 Å². The predicted molar refractivity (Wildman–Crippen MR) is 41.1 cm³/mol. The van der Waals surface area contributed by atoms with Gasteiger partial charge in [-0.05, 0) is 24.7 Å². The molecule has 60 valence electrons. The van der Waals surface area contributed by atoms with E-state index in [0.29, 0.717) is 11.8 Å². The van der Waals surface area contributed by atoms with Crippen LogP contribution in [0.3, 0.4) is 0 Å². The maximum absolute atomic E-state index is 10.8. The van der Waals surface area contributed by atoms with E-state index in [0.717, 1.165) is 12.8 Å². The molecule has 2 aliphatic carbocycles. The monoisotopic (exact) mass is 152 g/mol. The fourth-order valence-electron chi connectivity index (χ4n) is 2.42. The van der Waals surface area contributed by atoms with Crippen LogP contribution in [0.1, 0.15) is 19.8 Å². The van der Waals surface area contributed by atoms with Crippen molar-refractivity contribution in [3.8, 4) is 0 Å². The summed E-state index contributed by atoms with van der Waals surface area (Å²) in [6.45, 7) is 2.06. The molecule has 2 heteroatoms. The smallest absolute Gasteiger partial charge is 0.310 e. The van der Waals surface area contributed by atoms with Crippen LogP contribution in [0.4, 0.5) is 0 Å². The second kappa shape index (κ2) is 2.10. The Morgan fingerprint density at radius 2 is 2.45 bits per heavy atom. The van der Waals surface area contributed by atoms with Crippen LogP contribution in [0.25, 0.3) is 0 Å². The van der Waals surface area contributed by atoms with Gasteiger partial charge in [0.2, 0.25) is 0 Å². The number of carboxylic acid groups (broad SMARTS) is 1. The molecular weight excluding hydrogens is 140 g/mol. The van der Waals surface area contributed by atoms with Crippen LogP contribution in [0.2, 0.25) is 0 Å². The SMILES string of the molecule is CC1C2CC=C(C2)C1C(=O)O. The molecule has 0 saturated heterocycles. The number of hydrogen-bond donors (Lipinski definition) is 1. The van der Waals surface area contributed by atoms with E-state index in [-0.39, 0.29) is 5.92 Å². The highest BCUT2D eigenvalue weighted by atomic mass is 16.4. The number of rotatable bonds is 1. The Morgan fingerprint density at radius 3 is 2.82 bits per heavy atom. The molecule has 2 bridgehead atoms. The van der Waals surface area contributed by atoms with Gasteiger partial charge in [-0.2, -0.15) is 0 Å². The quantitative estimate of drug-likeness (QED) is 0.580. The third-order valence-corrected chi connectivity index (χ3v) is 3.12. The fourth-order valence-corrected chi connectivity index (χ4v) is 2.42. The van der Waals surface area contributed by atoms with E-state index in [1.165, 1.54) is 5.57 Å². The van der Waals surface area contributed by atoms with Crippen LogP contribution in [-0.2, 0) is 4.79 Å². The van der Waals surface area contributed by atoms with E-state index in [1.54, 1.807) is 0 Å². The summed E-state index contributed by atoms with van der Waals surface area (Å²) in [5.74, 6) is 0.207. The van der Waals surface area contributed by atoms with Gasteiger partial charge in [-0.15, -0.1) is 0 Å². The largest absolute Gasteiger partial charge is 0.481 e. The van der Waals surface area contributed by atoms with E-state index in [2.05, 4.69) is 13.0 Å². The second-order valence-corrected chi connectivity index (χ2v) is 3.65. The summed E-state index contributed by atoms with van der Waals surface area (Å²) in [5, 5.41) is 8.86. The van der Waals surface area contributed by atoms with Gasteiger partial charge in [-0.3, -0.25) is 4.79 Å². The molecular formula is C9H12O2. The summed E-state index contributed by atoms with van der Waals surface area (Å²) < 4.78 is 0. The van der Waals surface area contributed by atoms with Crippen LogP contribution in [0.5, 0.6) is 0 Å². The first-order valence-electron chi connectivity index (χ1n) is 4.12. The summed E-state index contributed by atoms with van der Waals surface area (Å²) in [4.78, 5) is 10.8. The van der Waals surface area contributed by atoms with Crippen molar-refractivity contribution in [1.29, 1.82) is 0 Å². The molecule has 0 aromatic carbocycles. The van der Waals surface area contributed by atoms with Crippen molar-refractivity contribution < 1.29 is 9.90 Å². The van der Waals surface area contributed by atoms with Gasteiger partial charge >= 0.3 is 5.97 Å². The third kappa shape index (κ3) is 0.817. The van der Waals surface area contributed by atoms with E-state index in [9.17, 15) is 4.79 Å². The van der Waals surface area contributed by atoms with Crippen LogP contribution in [0, 0.1) is 17.8 Å². The van der Waals surface area contributed by atoms with Gasteiger partial charge in [0.25, 0.3) is 0 Å². The van der Waals surface area contributed by atoms with Crippen LogP contribution in [-0.4, -0.2) is 11.1 Å². The van der Waals surface area contributed by atoms with Crippen molar-refractivity contribution in [2.45, 2.75) is 19.8 Å². The first kappa shape index (κ1) is 6.89. The van der Waals surface area contributed by atoms with Gasteiger partial charge in [0.15, 0.2) is 0 Å². The molecule has 0 amide bonds. The zero-order valence-electron chi connectivity index (χ0n) is 6.58. The average Bonchev–Trinajstić information content (AvgIpc) is 2.44. The number of aliphatic carboxylic acids is 1. The minimum absolute atomic E-state index is 0.159. The Kier molecular flexibility index (Phi) is 1.31. The number of carbonyl (C=O) groups is 1. The Hall–Kier alpha value is -0.790. The standard InChI is InChI=1S/C9H12O2/c1-5-6-2-3-7(4-6)8(5)9(10)11/h3,5-6,8H,2,4H2,1H3,(H,10,11). The van der Waals surface area contributed by atoms with E-state index < -0.39 is 5.97 Å². The molecule has 2 aliphatic rings. The molecule has 1 N–H and O–H groups in total. The minimum atomic E-state index is -0.633. The summed E-state index contributed by atoms with van der Waals surface area (Å²) in [7, 11) is 0. The molecule has 0 radical (unpaired) electrons. The highest BCUT2D eigenvalue weighted by Crippen LogP contribution is 2.48. The Bertz CT molecular complexity index is 230. The number of fused-ring (bicyclic) bond motifs is 2. The van der Waals surface area contributed by atoms with Crippen molar-refractivity contribution in [1.82, 2.24) is 0 Å². The molecule has 3 atom stereocenters. The maximum Gasteiger partial charge on any atom is 0.310 e. The number of carboxylic acids is 1. The highest BCUT2D eigenvalue weighted by Gasteiger charge is 2.43. The van der Waals surface area contributed by atoms with Gasteiger partial charge in [0, 0.05) is 0 Å². The first-order chi connectivity index (χ1) is 5.20. The lowest BCUT2D eigenvalue weighted by atomic mass is 9.85. The van der Waals surface area contributed by atoms with E-state index >= 15 is 0 Å². The zero-order chi connectivity index (χ0) is 8.01. The average molecular weight is 152 g/mol. The molecule has 1 saturated carbocycles. The van der Waals surface area contributed by atoms with Crippen molar-refractivity contribution in [2.75, 3.05) is 0 Å². The highest BCUT2D eigenvalue weighted by molar-refractivity contribution is 5.75. The molecule has 1 fully saturated rings. The van der Waals surface area contributed by atoms with Crippen LogP contribution in [0.15, 0.2) is 11.6 Å². The Morgan fingerprint density at radius 1 is 1.73 bits per heavy atom. The van der Waals surface area contributed by atoms with Gasteiger partial charge < -0.3 is 5.11 Å². The van der Waals surface area contributed by atoms with Gasteiger partial charge in [0.1, 0.15) is 0 Å². The van der Waals surface area contributed by atoms with Crippen molar-refractivity contribution >= 4 is 5.97 Å². The molecule has 0 aromatic heterocycles. The van der Waals surface area contributed by atoms with Gasteiger partial charge in [0.05, 0.1) is 5.92 Å². The maximum atomic E-state index is 10.8. The predicted octanol–water partition coefficient (Wildman–Crippen LogP) is 1.67. The molecule has 11 heavy (non-hydrogen) atoms. The molecule has 0 spiro atoms. The molecule has 2 nitrogen and oxygen atoms in total. The molecule has 2 rings (SSSR count). The van der Waals surface area contributed by atoms with Crippen molar-refractivity contribution in [3.05, 3.63) is 11.6 Å². The normalized spacial score (nSPS) is 40.8. The molecule has 0 heterocycles. The second-order valence-electron chi connectivity index (χ2n) is 3.65. The Labute approximate surface area is 65.9 Å². The summed E-state index contributed by atoms with van der Waals surface area (Å²) >= 11 is 0. The summed E-state index contributed by atoms with van der Waals surface area (Å²) in [6, 6.07) is 0. The summed E-state index contributed by atoms with van der Waals surface area (Å²) in [5.41, 5.74) is 1.18.